The largest absolute Gasteiger partial charge is 0.305 e. The molecule has 80 heavy (non-hydrogen) atoms. The zero-order valence-corrected chi connectivity index (χ0v) is 43.5. The first-order valence-corrected chi connectivity index (χ1v) is 27.2. The lowest BCUT2D eigenvalue weighted by Crippen LogP contribution is -2.08. The molecule has 0 spiro atoms. The van der Waals surface area contributed by atoms with Crippen LogP contribution in [0.1, 0.15) is 0 Å². The van der Waals surface area contributed by atoms with E-state index in [0.29, 0.717) is 5.82 Å². The minimum absolute atomic E-state index is 0.660. The van der Waals surface area contributed by atoms with Gasteiger partial charge in [-0.2, -0.15) is 0 Å². The average Bonchev–Trinajstić information content (AvgIpc) is 4.27. The fourth-order valence-electron chi connectivity index (χ4n) is 11.7. The Bertz CT molecular complexity index is 4510. The molecule has 0 aliphatic carbocycles. The second kappa shape index (κ2) is 19.7. The zero-order chi connectivity index (χ0) is 52.9. The van der Waals surface area contributed by atoms with Gasteiger partial charge < -0.3 is 4.57 Å². The van der Waals surface area contributed by atoms with Crippen LogP contribution in [0.5, 0.6) is 0 Å². The van der Waals surface area contributed by atoms with Gasteiger partial charge in [0.1, 0.15) is 0 Å². The van der Waals surface area contributed by atoms with Gasteiger partial charge in [0.2, 0.25) is 0 Å². The van der Waals surface area contributed by atoms with Gasteiger partial charge in [0.05, 0.1) is 39.1 Å². The third kappa shape index (κ3) is 8.24. The lowest BCUT2D eigenvalue weighted by Gasteiger charge is -2.20. The Morgan fingerprint density at radius 1 is 0.237 bits per heavy atom. The molecule has 0 aliphatic rings. The van der Waals surface area contributed by atoms with Crippen LogP contribution in [0.15, 0.2) is 297 Å². The molecule has 0 N–H and O–H groups in total. The smallest absolute Gasteiger partial charge is 0.162 e. The average molecular weight is 1020 g/mol. The Morgan fingerprint density at radius 2 is 0.550 bits per heavy atom. The molecular weight excluding hydrogens is 971 g/mol. The van der Waals surface area contributed by atoms with Crippen molar-refractivity contribution < 1.29 is 0 Å². The van der Waals surface area contributed by atoms with E-state index in [4.69, 9.17) is 15.0 Å². The number of rotatable bonds is 10. The summed E-state index contributed by atoms with van der Waals surface area (Å²) in [7, 11) is 0. The highest BCUT2D eigenvalue weighted by atomic mass is 15.1. The fourth-order valence-corrected chi connectivity index (χ4v) is 11.7. The molecule has 15 aromatic rings. The molecule has 0 aliphatic heterocycles. The Morgan fingerprint density at radius 3 is 0.912 bits per heavy atom. The maximum absolute atomic E-state index is 5.53. The number of nitrogens with zero attached hydrogens (tertiary/aromatic N) is 5. The monoisotopic (exact) mass is 1020 g/mol. The molecule has 5 nitrogen and oxygen atoms in total. The second-order valence-corrected chi connectivity index (χ2v) is 20.4. The number of fused-ring (bicyclic) bond motifs is 6. The van der Waals surface area contributed by atoms with Crippen molar-refractivity contribution in [3.63, 3.8) is 0 Å². The van der Waals surface area contributed by atoms with Gasteiger partial charge in [-0.25, -0.2) is 15.0 Å². The summed E-state index contributed by atoms with van der Waals surface area (Å²) in [5.74, 6) is 1.48. The maximum atomic E-state index is 5.53. The van der Waals surface area contributed by atoms with Crippen LogP contribution in [0.2, 0.25) is 0 Å². The first-order chi connectivity index (χ1) is 39.7. The van der Waals surface area contributed by atoms with Crippen molar-refractivity contribution in [2.24, 2.45) is 0 Å². The highest BCUT2D eigenvalue weighted by Crippen LogP contribution is 2.45. The predicted octanol–water partition coefficient (Wildman–Crippen LogP) is 19.4. The summed E-state index contributed by atoms with van der Waals surface area (Å²) in [6.45, 7) is 0. The summed E-state index contributed by atoms with van der Waals surface area (Å²) in [5.41, 5.74) is 21.3. The van der Waals surface area contributed by atoms with Crippen LogP contribution in [0, 0.1) is 0 Å². The van der Waals surface area contributed by atoms with E-state index in [2.05, 4.69) is 288 Å². The van der Waals surface area contributed by atoms with Crippen molar-refractivity contribution in [3.05, 3.63) is 297 Å². The van der Waals surface area contributed by atoms with Gasteiger partial charge in [-0.1, -0.05) is 231 Å². The molecule has 15 rings (SSSR count). The maximum Gasteiger partial charge on any atom is 0.162 e. The lowest BCUT2D eigenvalue weighted by molar-refractivity contribution is 1.03. The van der Waals surface area contributed by atoms with Crippen LogP contribution in [0.3, 0.4) is 0 Å². The number of pyridine rings is 1. The molecule has 0 amide bonds. The fraction of sp³-hybridized carbons (Fsp3) is 0. The Labute approximate surface area is 463 Å². The van der Waals surface area contributed by atoms with Gasteiger partial charge in [0, 0.05) is 50.0 Å². The lowest BCUT2D eigenvalue weighted by atomic mass is 10.0. The van der Waals surface area contributed by atoms with Crippen LogP contribution >= 0.6 is 0 Å². The second-order valence-electron chi connectivity index (χ2n) is 20.4. The van der Waals surface area contributed by atoms with E-state index in [9.17, 15) is 0 Å². The van der Waals surface area contributed by atoms with E-state index in [1.165, 1.54) is 22.3 Å². The Hall–Kier alpha value is -10.8. The highest BCUT2D eigenvalue weighted by Gasteiger charge is 2.25. The molecule has 0 unspecified atom stereocenters. The molecule has 0 bridgehead atoms. The normalized spacial score (nSPS) is 11.5. The summed E-state index contributed by atoms with van der Waals surface area (Å²) >= 11 is 0. The van der Waals surface area contributed by atoms with Gasteiger partial charge in [-0.05, 0) is 111 Å². The predicted molar refractivity (Wildman–Crippen MR) is 332 cm³/mol. The van der Waals surface area contributed by atoms with Crippen LogP contribution in [-0.2, 0) is 0 Å². The van der Waals surface area contributed by atoms with Gasteiger partial charge >= 0.3 is 0 Å². The minimum Gasteiger partial charge on any atom is -0.305 e. The molecule has 4 aromatic heterocycles. The summed E-state index contributed by atoms with van der Waals surface area (Å²) in [6.07, 6.45) is 1.98. The SMILES string of the molecule is c1ccc(-c2ccc3c(c2)c2cc(-c4ccccc4)ccc2n3-c2nccc(-c3ccc(-c4nc(-c5ccccc5)cc(-c5ccccc5)n4)cc3)c2-n2c3ccc(-c4ccccc4)cc3c3cc(-c4ccccc4)ccc32)cc1. The van der Waals surface area contributed by atoms with Crippen molar-refractivity contribution in [3.8, 4) is 101 Å². The summed E-state index contributed by atoms with van der Waals surface area (Å²) in [4.78, 5) is 16.0. The van der Waals surface area contributed by atoms with E-state index in [-0.39, 0.29) is 0 Å². The third-order valence-electron chi connectivity index (χ3n) is 15.6. The zero-order valence-electron chi connectivity index (χ0n) is 43.5. The van der Waals surface area contributed by atoms with Crippen LogP contribution in [0.4, 0.5) is 0 Å². The van der Waals surface area contributed by atoms with E-state index < -0.39 is 0 Å². The van der Waals surface area contributed by atoms with Crippen molar-refractivity contribution in [1.29, 1.82) is 0 Å². The molecule has 374 valence electrons. The Kier molecular flexibility index (Phi) is 11.4. The first kappa shape index (κ1) is 46.5. The van der Waals surface area contributed by atoms with E-state index in [0.717, 1.165) is 117 Å². The molecule has 0 radical (unpaired) electrons. The van der Waals surface area contributed by atoms with Crippen molar-refractivity contribution in [2.45, 2.75) is 0 Å². The standard InChI is InChI=1S/C75H49N5/c1-7-19-50(20-8-1)58-35-39-69-63(45-58)64-46-59(51-21-9-2-10-22-51)36-40-70(64)79(69)73-62(54-31-33-57(34-32-54)74-77-67(55-27-15-5-16-28-55)49-68(78-74)56-29-17-6-18-30-56)43-44-76-75(73)80-71-41-37-60(52-23-11-3-12-24-52)47-65(71)66-48-61(38-42-72(66)80)53-25-13-4-14-26-53/h1-49H. The van der Waals surface area contributed by atoms with Gasteiger partial charge in [-0.3, -0.25) is 4.57 Å². The van der Waals surface area contributed by atoms with Gasteiger partial charge in [-0.15, -0.1) is 0 Å². The van der Waals surface area contributed by atoms with Crippen LogP contribution in [0.25, 0.3) is 145 Å². The first-order valence-electron chi connectivity index (χ1n) is 27.2. The highest BCUT2D eigenvalue weighted by molar-refractivity contribution is 6.14. The molecule has 0 saturated carbocycles. The molecule has 5 heteroatoms. The van der Waals surface area contributed by atoms with Crippen molar-refractivity contribution >= 4 is 43.6 Å². The molecule has 11 aromatic carbocycles. The molecule has 0 atom stereocenters. The summed E-state index contributed by atoms with van der Waals surface area (Å²) in [6, 6.07) is 104. The quantitative estimate of drug-likeness (QED) is 0.137. The Balaban J connectivity index is 1.00. The van der Waals surface area contributed by atoms with Crippen molar-refractivity contribution in [2.75, 3.05) is 0 Å². The minimum atomic E-state index is 0.660. The number of hydrogen-bond acceptors (Lipinski definition) is 3. The molecule has 0 saturated heterocycles. The third-order valence-corrected chi connectivity index (χ3v) is 15.6. The topological polar surface area (TPSA) is 48.5 Å². The number of benzene rings is 11. The molecule has 4 heterocycles. The summed E-state index contributed by atoms with van der Waals surface area (Å²) in [5, 5.41) is 4.61. The number of aromatic nitrogens is 5. The summed E-state index contributed by atoms with van der Waals surface area (Å²) < 4.78 is 4.86. The molecular formula is C75H49N5. The van der Waals surface area contributed by atoms with Gasteiger partial charge in [0.15, 0.2) is 11.6 Å². The van der Waals surface area contributed by atoms with E-state index in [1.54, 1.807) is 0 Å². The van der Waals surface area contributed by atoms with Crippen LogP contribution < -0.4 is 0 Å². The number of hydrogen-bond donors (Lipinski definition) is 0. The van der Waals surface area contributed by atoms with E-state index >= 15 is 0 Å². The van der Waals surface area contributed by atoms with E-state index in [1.807, 2.05) is 18.3 Å². The van der Waals surface area contributed by atoms with Gasteiger partial charge in [0.25, 0.3) is 0 Å². The van der Waals surface area contributed by atoms with Crippen LogP contribution in [-0.4, -0.2) is 24.1 Å². The van der Waals surface area contributed by atoms with Crippen molar-refractivity contribution in [1.82, 2.24) is 24.1 Å². The molecule has 0 fully saturated rings.